The maximum atomic E-state index is 12.7. The molecule has 2 aromatic carbocycles. The molecular weight excluding hydrogens is 370 g/mol. The molecule has 29 heavy (non-hydrogen) atoms. The van der Waals surface area contributed by atoms with E-state index in [0.717, 1.165) is 17.7 Å². The first-order chi connectivity index (χ1) is 14.0. The van der Waals surface area contributed by atoms with Crippen LogP contribution in [0.2, 0.25) is 0 Å². The van der Waals surface area contributed by atoms with Gasteiger partial charge in [-0.3, -0.25) is 14.4 Å². The summed E-state index contributed by atoms with van der Waals surface area (Å²) in [7, 11) is 0. The minimum Gasteiger partial charge on any atom is -0.507 e. The number of benzene rings is 2. The van der Waals surface area contributed by atoms with Crippen molar-refractivity contribution in [1.82, 2.24) is 10.2 Å². The lowest BCUT2D eigenvalue weighted by molar-refractivity contribution is -0.127. The lowest BCUT2D eigenvalue weighted by atomic mass is 10.1. The Morgan fingerprint density at radius 3 is 2.59 bits per heavy atom. The number of hydrogen-bond acceptors (Lipinski definition) is 4. The Morgan fingerprint density at radius 2 is 1.83 bits per heavy atom. The number of likely N-dealkylation sites (tertiary alicyclic amines) is 1. The Labute approximate surface area is 169 Å². The smallest absolute Gasteiger partial charge is 0.258 e. The highest BCUT2D eigenvalue weighted by molar-refractivity contribution is 6.01. The summed E-state index contributed by atoms with van der Waals surface area (Å²) < 4.78 is 0. The summed E-state index contributed by atoms with van der Waals surface area (Å²) in [6, 6.07) is 13.1. The summed E-state index contributed by atoms with van der Waals surface area (Å²) >= 11 is 0. The minimum absolute atomic E-state index is 0.113. The Hall–Kier alpha value is -3.35. The highest BCUT2D eigenvalue weighted by atomic mass is 16.3. The molecule has 1 saturated heterocycles. The molecule has 1 atom stereocenters. The summed E-state index contributed by atoms with van der Waals surface area (Å²) in [4.78, 5) is 39.0. The van der Waals surface area contributed by atoms with Crippen LogP contribution in [0.25, 0.3) is 0 Å². The van der Waals surface area contributed by atoms with Crippen LogP contribution in [0, 0.1) is 0 Å². The number of aromatic hydroxyl groups is 1. The maximum absolute atomic E-state index is 12.7. The molecule has 1 aliphatic rings. The van der Waals surface area contributed by atoms with Gasteiger partial charge < -0.3 is 20.6 Å². The molecule has 0 bridgehead atoms. The van der Waals surface area contributed by atoms with Gasteiger partial charge in [-0.1, -0.05) is 37.3 Å². The molecule has 3 rings (SSSR count). The number of hydrogen-bond donors (Lipinski definition) is 3. The highest BCUT2D eigenvalue weighted by Gasteiger charge is 2.35. The fraction of sp³-hybridized carbons (Fsp3) is 0.318. The van der Waals surface area contributed by atoms with E-state index < -0.39 is 6.04 Å². The summed E-state index contributed by atoms with van der Waals surface area (Å²) in [6.07, 6.45) is 1.99. The van der Waals surface area contributed by atoms with Crippen molar-refractivity contribution in [3.63, 3.8) is 0 Å². The van der Waals surface area contributed by atoms with Gasteiger partial charge >= 0.3 is 0 Å². The maximum Gasteiger partial charge on any atom is 0.258 e. The first-order valence-corrected chi connectivity index (χ1v) is 9.75. The van der Waals surface area contributed by atoms with Crippen molar-refractivity contribution >= 4 is 23.4 Å². The van der Waals surface area contributed by atoms with Gasteiger partial charge in [-0.25, -0.2) is 0 Å². The number of carbonyl (C=O) groups excluding carboxylic acids is 3. The lowest BCUT2D eigenvalue weighted by Crippen LogP contribution is -2.47. The molecule has 0 aromatic heterocycles. The predicted molar refractivity (Wildman–Crippen MR) is 110 cm³/mol. The van der Waals surface area contributed by atoms with Gasteiger partial charge in [-0.05, 0) is 43.0 Å². The van der Waals surface area contributed by atoms with Crippen LogP contribution in [0.3, 0.4) is 0 Å². The molecule has 1 fully saturated rings. The van der Waals surface area contributed by atoms with E-state index in [1.165, 1.54) is 17.0 Å². The molecule has 152 valence electrons. The van der Waals surface area contributed by atoms with E-state index in [4.69, 9.17) is 0 Å². The summed E-state index contributed by atoms with van der Waals surface area (Å²) in [5.41, 5.74) is 1.91. The monoisotopic (exact) mass is 395 g/mol. The van der Waals surface area contributed by atoms with E-state index in [1.54, 1.807) is 12.1 Å². The number of phenols is 1. The second kappa shape index (κ2) is 9.23. The first kappa shape index (κ1) is 20.4. The largest absolute Gasteiger partial charge is 0.507 e. The van der Waals surface area contributed by atoms with Crippen molar-refractivity contribution in [2.45, 2.75) is 32.2 Å². The molecule has 7 heteroatoms. The van der Waals surface area contributed by atoms with Gasteiger partial charge in [-0.15, -0.1) is 0 Å². The van der Waals surface area contributed by atoms with Gasteiger partial charge in [0, 0.05) is 12.2 Å². The van der Waals surface area contributed by atoms with Crippen LogP contribution in [0.1, 0.15) is 35.7 Å². The molecule has 0 radical (unpaired) electrons. The van der Waals surface area contributed by atoms with E-state index in [9.17, 15) is 19.5 Å². The van der Waals surface area contributed by atoms with Gasteiger partial charge in [0.15, 0.2) is 0 Å². The fourth-order valence-corrected chi connectivity index (χ4v) is 3.52. The third-order valence-corrected chi connectivity index (χ3v) is 5.05. The topological polar surface area (TPSA) is 98.7 Å². The Balaban J connectivity index is 1.59. The minimum atomic E-state index is -0.655. The molecule has 0 spiro atoms. The third kappa shape index (κ3) is 4.74. The molecule has 3 N–H and O–H groups in total. The fourth-order valence-electron chi connectivity index (χ4n) is 3.52. The van der Waals surface area contributed by atoms with Gasteiger partial charge in [0.1, 0.15) is 11.8 Å². The molecular formula is C22H25N3O4. The third-order valence-electron chi connectivity index (χ3n) is 5.05. The molecule has 2 aromatic rings. The van der Waals surface area contributed by atoms with E-state index in [0.29, 0.717) is 19.4 Å². The second-order valence-corrected chi connectivity index (χ2v) is 6.95. The van der Waals surface area contributed by atoms with Crippen molar-refractivity contribution in [3.05, 3.63) is 59.7 Å². The summed E-state index contributed by atoms with van der Waals surface area (Å²) in [6.45, 7) is 2.26. The van der Waals surface area contributed by atoms with Gasteiger partial charge in [0.05, 0.1) is 12.1 Å². The average Bonchev–Trinajstić information content (AvgIpc) is 3.22. The summed E-state index contributed by atoms with van der Waals surface area (Å²) in [5.74, 6) is -1.19. The Morgan fingerprint density at radius 1 is 1.10 bits per heavy atom. The zero-order valence-corrected chi connectivity index (χ0v) is 16.4. The van der Waals surface area contributed by atoms with Crippen molar-refractivity contribution in [3.8, 4) is 5.75 Å². The van der Waals surface area contributed by atoms with E-state index in [-0.39, 0.29) is 35.6 Å². The van der Waals surface area contributed by atoms with Crippen LogP contribution >= 0.6 is 0 Å². The van der Waals surface area contributed by atoms with Crippen molar-refractivity contribution in [2.75, 3.05) is 18.4 Å². The van der Waals surface area contributed by atoms with E-state index >= 15 is 0 Å². The number of amides is 3. The highest BCUT2D eigenvalue weighted by Crippen LogP contribution is 2.24. The zero-order chi connectivity index (χ0) is 20.8. The number of carbonyl (C=O) groups is 3. The van der Waals surface area contributed by atoms with Crippen molar-refractivity contribution in [1.29, 1.82) is 0 Å². The first-order valence-electron chi connectivity index (χ1n) is 9.75. The average molecular weight is 395 g/mol. The summed E-state index contributed by atoms with van der Waals surface area (Å²) in [5, 5.41) is 15.4. The number of para-hydroxylation sites is 2. The number of anilines is 1. The normalized spacial score (nSPS) is 15.8. The Bertz CT molecular complexity index is 912. The molecule has 3 amide bonds. The number of nitrogens with one attached hydrogen (secondary N) is 2. The van der Waals surface area contributed by atoms with Crippen LogP contribution in [-0.4, -0.2) is 46.9 Å². The van der Waals surface area contributed by atoms with Gasteiger partial charge in [0.25, 0.3) is 5.91 Å². The SMILES string of the molecule is CCc1ccccc1NC(=O)CNC(=O)[C@H]1CCCN1C(=O)c1ccccc1O. The van der Waals surface area contributed by atoms with Crippen LogP contribution in [0.15, 0.2) is 48.5 Å². The molecule has 0 aliphatic carbocycles. The molecule has 0 saturated carbocycles. The van der Waals surface area contributed by atoms with Gasteiger partial charge in [-0.2, -0.15) is 0 Å². The van der Waals surface area contributed by atoms with Crippen LogP contribution in [0.4, 0.5) is 5.69 Å². The predicted octanol–water partition coefficient (Wildman–Crippen LogP) is 2.31. The lowest BCUT2D eigenvalue weighted by Gasteiger charge is -2.24. The van der Waals surface area contributed by atoms with E-state index in [1.807, 2.05) is 31.2 Å². The van der Waals surface area contributed by atoms with Crippen LogP contribution in [0.5, 0.6) is 5.75 Å². The standard InChI is InChI=1S/C22H25N3O4/c1-2-15-8-3-5-10-17(15)24-20(27)14-23-21(28)18-11-7-13-25(18)22(29)16-9-4-6-12-19(16)26/h3-6,8-10,12,18,26H,2,7,11,13-14H2,1H3,(H,23,28)(H,24,27)/t18-/m1/s1. The number of phenolic OH excluding ortho intramolecular Hbond substituents is 1. The zero-order valence-electron chi connectivity index (χ0n) is 16.4. The van der Waals surface area contributed by atoms with E-state index in [2.05, 4.69) is 10.6 Å². The van der Waals surface area contributed by atoms with Crippen LogP contribution < -0.4 is 10.6 Å². The quantitative estimate of drug-likeness (QED) is 0.699. The number of aryl methyl sites for hydroxylation is 1. The second-order valence-electron chi connectivity index (χ2n) is 6.95. The molecule has 1 heterocycles. The molecule has 7 nitrogen and oxygen atoms in total. The van der Waals surface area contributed by atoms with Crippen molar-refractivity contribution in [2.24, 2.45) is 0 Å². The molecule has 1 aliphatic heterocycles. The van der Waals surface area contributed by atoms with Crippen LogP contribution in [-0.2, 0) is 16.0 Å². The van der Waals surface area contributed by atoms with Crippen molar-refractivity contribution < 1.29 is 19.5 Å². The Kier molecular flexibility index (Phi) is 6.49. The van der Waals surface area contributed by atoms with Gasteiger partial charge in [0.2, 0.25) is 11.8 Å². The molecule has 0 unspecified atom stereocenters. The number of rotatable bonds is 6. The number of nitrogens with zero attached hydrogens (tertiary/aromatic N) is 1.